The molecule has 1 saturated heterocycles. The zero-order valence-corrected chi connectivity index (χ0v) is 8.25. The maximum Gasteiger partial charge on any atom is 0.404 e. The van der Waals surface area contributed by atoms with Crippen molar-refractivity contribution in [3.63, 3.8) is 0 Å². The molecule has 6 heteroatoms. The van der Waals surface area contributed by atoms with Gasteiger partial charge in [-0.1, -0.05) is 0 Å². The summed E-state index contributed by atoms with van der Waals surface area (Å²) in [7, 11) is 0. The molecule has 2 N–H and O–H groups in total. The molecule has 0 spiro atoms. The van der Waals surface area contributed by atoms with Gasteiger partial charge in [0.25, 0.3) is 0 Å². The predicted molar refractivity (Wildman–Crippen MR) is 51.3 cm³/mol. The highest BCUT2D eigenvalue weighted by Crippen LogP contribution is 2.35. The summed E-state index contributed by atoms with van der Waals surface area (Å²) in [6.45, 7) is 0.179. The number of amides is 2. The Labute approximate surface area is 85.3 Å². The average Bonchev–Trinajstić information content (AvgIpc) is 2.14. The maximum atomic E-state index is 11.1. The lowest BCUT2D eigenvalue weighted by molar-refractivity contribution is -0.137. The summed E-state index contributed by atoms with van der Waals surface area (Å²) in [6.07, 6.45) is 1.59. The molecule has 0 bridgehead atoms. The molecule has 0 unspecified atom stereocenters. The Bertz CT molecular complexity index is 316. The third kappa shape index (κ3) is 1.70. The second-order valence-corrected chi connectivity index (χ2v) is 4.33. The maximum absolute atomic E-state index is 11.1. The molecule has 1 fully saturated rings. The van der Waals surface area contributed by atoms with E-state index in [9.17, 15) is 9.59 Å². The van der Waals surface area contributed by atoms with Gasteiger partial charge in [-0.15, -0.1) is 11.8 Å². The van der Waals surface area contributed by atoms with Gasteiger partial charge in [-0.25, -0.2) is 4.79 Å². The Hall–Kier alpha value is -1.17. The summed E-state index contributed by atoms with van der Waals surface area (Å²) in [4.78, 5) is 23.1. The summed E-state index contributed by atoms with van der Waals surface area (Å²) in [6, 6.07) is 0. The SMILES string of the molecule is NC(=O)OCC1=CN2C(=O)C[C@H]2SC1. The minimum atomic E-state index is -0.784. The third-order valence-electron chi connectivity index (χ3n) is 2.13. The number of rotatable bonds is 2. The molecule has 0 aliphatic carbocycles. The second-order valence-electron chi connectivity index (χ2n) is 3.17. The van der Waals surface area contributed by atoms with Gasteiger partial charge in [0.2, 0.25) is 5.91 Å². The first-order valence-corrected chi connectivity index (χ1v) is 5.26. The first kappa shape index (κ1) is 9.39. The Kier molecular flexibility index (Phi) is 2.37. The molecule has 2 amide bonds. The summed E-state index contributed by atoms with van der Waals surface area (Å²) in [5, 5.41) is 0.292. The number of β-lactam (4-membered cyclic amide) rings is 1. The Morgan fingerprint density at radius 1 is 1.79 bits per heavy atom. The standard InChI is InChI=1S/C8H10N2O3S/c9-8(12)13-3-5-2-10-6(11)1-7(10)14-4-5/h2,7H,1,3-4H2,(H2,9,12)/t7-/m1/s1. The van der Waals surface area contributed by atoms with Crippen LogP contribution in [-0.2, 0) is 9.53 Å². The fourth-order valence-corrected chi connectivity index (χ4v) is 2.54. The average molecular weight is 214 g/mol. The molecule has 2 heterocycles. The Morgan fingerprint density at radius 3 is 3.21 bits per heavy atom. The fraction of sp³-hybridized carbons (Fsp3) is 0.500. The van der Waals surface area contributed by atoms with Crippen molar-refractivity contribution in [2.45, 2.75) is 11.8 Å². The molecule has 5 nitrogen and oxygen atoms in total. The van der Waals surface area contributed by atoms with Gasteiger partial charge in [0.05, 0.1) is 11.8 Å². The van der Waals surface area contributed by atoms with Crippen molar-refractivity contribution in [2.24, 2.45) is 5.73 Å². The zero-order valence-electron chi connectivity index (χ0n) is 7.43. The minimum absolute atomic E-state index is 0.124. The Balaban J connectivity index is 1.93. The van der Waals surface area contributed by atoms with E-state index in [1.807, 2.05) is 0 Å². The van der Waals surface area contributed by atoms with E-state index in [1.165, 1.54) is 0 Å². The van der Waals surface area contributed by atoms with Crippen molar-refractivity contribution < 1.29 is 14.3 Å². The van der Waals surface area contributed by atoms with Crippen molar-refractivity contribution in [1.82, 2.24) is 4.90 Å². The highest BCUT2D eigenvalue weighted by molar-refractivity contribution is 8.00. The van der Waals surface area contributed by atoms with Crippen LogP contribution >= 0.6 is 11.8 Å². The van der Waals surface area contributed by atoms with Gasteiger partial charge >= 0.3 is 6.09 Å². The molecule has 0 radical (unpaired) electrons. The normalized spacial score (nSPS) is 24.9. The molecule has 2 aliphatic heterocycles. The lowest BCUT2D eigenvalue weighted by atomic mass is 10.2. The molecule has 0 saturated carbocycles. The van der Waals surface area contributed by atoms with Crippen LogP contribution in [0.1, 0.15) is 6.42 Å². The highest BCUT2D eigenvalue weighted by Gasteiger charge is 2.37. The van der Waals surface area contributed by atoms with Gasteiger partial charge in [0.1, 0.15) is 6.61 Å². The van der Waals surface area contributed by atoms with E-state index >= 15 is 0 Å². The van der Waals surface area contributed by atoms with Crippen molar-refractivity contribution in [1.29, 1.82) is 0 Å². The topological polar surface area (TPSA) is 72.6 Å². The van der Waals surface area contributed by atoms with Gasteiger partial charge in [0.15, 0.2) is 0 Å². The van der Waals surface area contributed by atoms with E-state index in [0.29, 0.717) is 11.8 Å². The molecular formula is C8H10N2O3S. The summed E-state index contributed by atoms with van der Waals surface area (Å²) in [5.41, 5.74) is 5.75. The number of nitrogens with zero attached hydrogens (tertiary/aromatic N) is 1. The monoisotopic (exact) mass is 214 g/mol. The molecule has 0 aromatic carbocycles. The van der Waals surface area contributed by atoms with Gasteiger partial charge < -0.3 is 15.4 Å². The van der Waals surface area contributed by atoms with Crippen molar-refractivity contribution in [2.75, 3.05) is 12.4 Å². The first-order valence-electron chi connectivity index (χ1n) is 4.21. The van der Waals surface area contributed by atoms with Crippen LogP contribution in [0.3, 0.4) is 0 Å². The van der Waals surface area contributed by atoms with Crippen LogP contribution in [-0.4, -0.2) is 34.6 Å². The molecule has 2 aliphatic rings. The fourth-order valence-electron chi connectivity index (χ4n) is 1.38. The van der Waals surface area contributed by atoms with Crippen LogP contribution in [0.5, 0.6) is 0 Å². The number of fused-ring (bicyclic) bond motifs is 1. The number of carbonyl (C=O) groups is 2. The van der Waals surface area contributed by atoms with E-state index in [1.54, 1.807) is 22.9 Å². The zero-order chi connectivity index (χ0) is 10.1. The van der Waals surface area contributed by atoms with Crippen LogP contribution in [0, 0.1) is 0 Å². The highest BCUT2D eigenvalue weighted by atomic mass is 32.2. The number of carbonyl (C=O) groups excluding carboxylic acids is 2. The molecule has 0 aromatic heterocycles. The van der Waals surface area contributed by atoms with Crippen LogP contribution in [0.25, 0.3) is 0 Å². The first-order chi connectivity index (χ1) is 6.66. The molecule has 2 rings (SSSR count). The largest absolute Gasteiger partial charge is 0.445 e. The molecule has 76 valence electrons. The predicted octanol–water partition coefficient (Wildman–Crippen LogP) is 0.271. The van der Waals surface area contributed by atoms with Gasteiger partial charge in [-0.05, 0) is 5.57 Å². The van der Waals surface area contributed by atoms with E-state index in [4.69, 9.17) is 5.73 Å². The summed E-state index contributed by atoms with van der Waals surface area (Å²) >= 11 is 1.68. The quantitative estimate of drug-likeness (QED) is 0.670. The number of thioether (sulfide) groups is 1. The van der Waals surface area contributed by atoms with Gasteiger partial charge in [0, 0.05) is 12.0 Å². The molecule has 14 heavy (non-hydrogen) atoms. The number of hydrogen-bond donors (Lipinski definition) is 1. The number of hydrogen-bond acceptors (Lipinski definition) is 4. The number of primary amides is 1. The van der Waals surface area contributed by atoms with Crippen LogP contribution in [0.4, 0.5) is 4.79 Å². The lowest BCUT2D eigenvalue weighted by Gasteiger charge is -2.40. The van der Waals surface area contributed by atoms with E-state index in [-0.39, 0.29) is 12.5 Å². The molecule has 0 aromatic rings. The van der Waals surface area contributed by atoms with Crippen LogP contribution in [0.2, 0.25) is 0 Å². The van der Waals surface area contributed by atoms with E-state index in [2.05, 4.69) is 4.74 Å². The second kappa shape index (κ2) is 3.53. The van der Waals surface area contributed by atoms with Crippen molar-refractivity contribution in [3.8, 4) is 0 Å². The summed E-state index contributed by atoms with van der Waals surface area (Å²) in [5.74, 6) is 0.917. The lowest BCUT2D eigenvalue weighted by Crippen LogP contribution is -2.49. The van der Waals surface area contributed by atoms with Crippen LogP contribution in [0.15, 0.2) is 11.8 Å². The van der Waals surface area contributed by atoms with Crippen molar-refractivity contribution >= 4 is 23.8 Å². The van der Waals surface area contributed by atoms with Gasteiger partial charge in [-0.2, -0.15) is 0 Å². The minimum Gasteiger partial charge on any atom is -0.445 e. The summed E-state index contributed by atoms with van der Waals surface area (Å²) < 4.78 is 4.64. The van der Waals surface area contributed by atoms with Crippen LogP contribution < -0.4 is 5.73 Å². The Morgan fingerprint density at radius 2 is 2.57 bits per heavy atom. The third-order valence-corrected chi connectivity index (χ3v) is 3.45. The number of nitrogens with two attached hydrogens (primary N) is 1. The van der Waals surface area contributed by atoms with Crippen molar-refractivity contribution in [3.05, 3.63) is 11.8 Å². The smallest absolute Gasteiger partial charge is 0.404 e. The van der Waals surface area contributed by atoms with E-state index in [0.717, 1.165) is 11.3 Å². The van der Waals surface area contributed by atoms with E-state index < -0.39 is 6.09 Å². The number of ether oxygens (including phenoxy) is 1. The van der Waals surface area contributed by atoms with Gasteiger partial charge in [-0.3, -0.25) is 4.79 Å². The molecular weight excluding hydrogens is 204 g/mol. The molecule has 1 atom stereocenters.